The van der Waals surface area contributed by atoms with E-state index in [-0.39, 0.29) is 61.4 Å². The van der Waals surface area contributed by atoms with Gasteiger partial charge < -0.3 is 59.1 Å². The van der Waals surface area contributed by atoms with E-state index in [1.54, 1.807) is 83.1 Å². The largest absolute Gasteiger partial charge is 0.493 e. The zero-order valence-corrected chi connectivity index (χ0v) is 55.5. The number of benzene rings is 6. The first-order chi connectivity index (χ1) is 47.4. The third-order valence-corrected chi connectivity index (χ3v) is 17.4. The number of carbonyl (C=O) groups excluding carboxylic acids is 6. The highest BCUT2D eigenvalue weighted by atomic mass is 19.4. The molecule has 6 aliphatic heterocycles. The van der Waals surface area contributed by atoms with Crippen molar-refractivity contribution in [1.82, 2.24) is 0 Å². The van der Waals surface area contributed by atoms with Crippen molar-refractivity contribution in [2.24, 2.45) is 0 Å². The summed E-state index contributed by atoms with van der Waals surface area (Å²) in [6.07, 6.45) is -6.45. The first kappa shape index (κ1) is 72.3. The smallest absolute Gasteiger partial charge is 0.416 e. The molecule has 100 heavy (non-hydrogen) atoms. The van der Waals surface area contributed by atoms with Crippen molar-refractivity contribution in [2.45, 2.75) is 117 Å². The van der Waals surface area contributed by atoms with Crippen LogP contribution < -0.4 is 59.1 Å². The number of nitrogens with zero attached hydrogens (tertiary/aromatic N) is 3. The Labute approximate surface area is 569 Å². The maximum absolute atomic E-state index is 13.3. The number of anilines is 6. The van der Waals surface area contributed by atoms with Crippen molar-refractivity contribution in [1.29, 1.82) is 0 Å². The average Bonchev–Trinajstić information content (AvgIpc) is 0.875. The van der Waals surface area contributed by atoms with Gasteiger partial charge in [-0.2, -0.15) is 39.5 Å². The second kappa shape index (κ2) is 29.2. The van der Waals surface area contributed by atoms with Gasteiger partial charge in [0, 0.05) is 67.4 Å². The molecule has 528 valence electrons. The fraction of sp³-hybridized carbons (Fsp3) is 0.342. The van der Waals surface area contributed by atoms with Crippen LogP contribution in [0.3, 0.4) is 0 Å². The average molecular weight is 1400 g/mol. The molecule has 0 aromatic heterocycles. The molecule has 3 N–H and O–H groups in total. The molecular formula is C73H71F9N6O12. The molecule has 0 saturated carbocycles. The summed E-state index contributed by atoms with van der Waals surface area (Å²) in [5, 5.41) is 8.34. The zero-order chi connectivity index (χ0) is 72.2. The van der Waals surface area contributed by atoms with Crippen molar-refractivity contribution in [3.8, 4) is 34.5 Å². The number of allylic oxidation sites excluding steroid dienone is 1. The Hall–Kier alpha value is -10.5. The normalized spacial score (nSPS) is 17.7. The number of fused-ring (bicyclic) bond motifs is 6. The summed E-state index contributed by atoms with van der Waals surface area (Å²) in [4.78, 5) is 79.7. The Morgan fingerprint density at radius 2 is 0.810 bits per heavy atom. The van der Waals surface area contributed by atoms with E-state index in [0.29, 0.717) is 143 Å². The van der Waals surface area contributed by atoms with Crippen molar-refractivity contribution < 1.29 is 96.7 Å². The SMILES string of the molecule is CCN1C(=O)COc2c(NC(=O)/C=C3\CC(C)(C)Oc4cc(C(F)(F)F)ccc43)cccc21.CCN1C(=O)COc2c(NC(=O)/C=C3\CC(CC)(CC)Oc4cc(C(F)(F)F)ccc43)cccc21.CCN1C(=O)COc2c(NC(=O)/C=C3\CCCOc4cc(C(F)(F)F)ccc43)cccc21. The number of amides is 6. The predicted octanol–water partition coefficient (Wildman–Crippen LogP) is 15.5. The molecule has 0 bridgehead atoms. The lowest BCUT2D eigenvalue weighted by Crippen LogP contribution is -2.38. The molecule has 0 aliphatic carbocycles. The number of ether oxygens (including phenoxy) is 6. The van der Waals surface area contributed by atoms with Gasteiger partial charge in [0.2, 0.25) is 17.7 Å². The molecule has 0 radical (unpaired) electrons. The van der Waals surface area contributed by atoms with Crippen LogP contribution >= 0.6 is 0 Å². The van der Waals surface area contributed by atoms with Gasteiger partial charge in [0.1, 0.15) is 28.5 Å². The first-order valence-electron chi connectivity index (χ1n) is 32.3. The molecular weight excluding hydrogens is 1320 g/mol. The first-order valence-corrected chi connectivity index (χ1v) is 32.3. The van der Waals surface area contributed by atoms with E-state index in [9.17, 15) is 68.3 Å². The number of carbonyl (C=O) groups is 6. The quantitative estimate of drug-likeness (QED) is 0.0819. The number of para-hydroxylation sites is 3. The van der Waals surface area contributed by atoms with Crippen LogP contribution in [-0.2, 0) is 47.3 Å². The van der Waals surface area contributed by atoms with Crippen LogP contribution in [0.15, 0.2) is 127 Å². The summed E-state index contributed by atoms with van der Waals surface area (Å²) in [5.41, 5.74) is 2.11. The molecule has 0 saturated heterocycles. The molecule has 6 amide bonds. The van der Waals surface area contributed by atoms with Gasteiger partial charge in [-0.3, -0.25) is 28.8 Å². The number of halogens is 9. The Kier molecular flexibility index (Phi) is 21.1. The molecule has 0 unspecified atom stereocenters. The van der Waals surface area contributed by atoms with Gasteiger partial charge in [-0.1, -0.05) is 50.2 Å². The van der Waals surface area contributed by atoms with Gasteiger partial charge in [-0.05, 0) is 150 Å². The van der Waals surface area contributed by atoms with Crippen LogP contribution in [0, 0.1) is 0 Å². The number of nitrogens with one attached hydrogen (secondary N) is 3. The summed E-state index contributed by atoms with van der Waals surface area (Å²) in [5.74, 6) is -0.376. The van der Waals surface area contributed by atoms with Crippen LogP contribution in [0.25, 0.3) is 16.7 Å². The fourth-order valence-electron chi connectivity index (χ4n) is 12.4. The summed E-state index contributed by atoms with van der Waals surface area (Å²) in [6, 6.07) is 25.2. The van der Waals surface area contributed by atoms with Gasteiger partial charge in [0.05, 0.1) is 57.4 Å². The molecule has 0 spiro atoms. The molecule has 18 nitrogen and oxygen atoms in total. The molecule has 12 rings (SSSR count). The monoisotopic (exact) mass is 1390 g/mol. The molecule has 6 aliphatic rings. The Bertz CT molecular complexity index is 4290. The number of hydrogen-bond acceptors (Lipinski definition) is 12. The summed E-state index contributed by atoms with van der Waals surface area (Å²) in [7, 11) is 0. The lowest BCUT2D eigenvalue weighted by molar-refractivity contribution is -0.138. The summed E-state index contributed by atoms with van der Waals surface area (Å²) < 4.78 is 153. The summed E-state index contributed by atoms with van der Waals surface area (Å²) >= 11 is 0. The standard InChI is InChI=1S/C26H27F3N2O4.C24H23F3N2O4.C23H21F3N2O4/c1-4-25(5-2)14-16(18-11-10-17(26(27,28)29)13-21(18)35-25)12-22(32)30-19-8-7-9-20-24(19)34-15-23(33)31(20)6-3;1-4-29-18-7-5-6-17(22(18)32-13-21(29)31)28-20(30)10-14-12-23(2,3)33-19-11-15(24(25,26)27)8-9-16(14)19;1-2-28-18-7-3-6-17(22(18)32-13-21(28)30)27-20(29)11-14-5-4-10-31-19-12-15(23(24,25)26)8-9-16(14)19/h7-13H,4-6,14-15H2,1-3H3,(H,30,32);5-11H,4,12-13H2,1-3H3,(H,28,30);3,6-9,11-12H,2,4-5,10,13H2,1H3,(H,27,29)/b16-12+;14-10+;14-11+. The van der Waals surface area contributed by atoms with Crippen LogP contribution in [0.2, 0.25) is 0 Å². The minimum atomic E-state index is -4.50. The number of alkyl halides is 9. The highest BCUT2D eigenvalue weighted by Gasteiger charge is 2.41. The predicted molar refractivity (Wildman–Crippen MR) is 357 cm³/mol. The summed E-state index contributed by atoms with van der Waals surface area (Å²) in [6.45, 7) is 14.1. The minimum Gasteiger partial charge on any atom is -0.493 e. The third-order valence-electron chi connectivity index (χ3n) is 17.4. The molecule has 0 atom stereocenters. The minimum absolute atomic E-state index is 0.0812. The van der Waals surface area contributed by atoms with E-state index in [1.807, 2.05) is 34.6 Å². The maximum Gasteiger partial charge on any atom is 0.416 e. The molecule has 0 fully saturated rings. The van der Waals surface area contributed by atoms with Gasteiger partial charge in [0.15, 0.2) is 37.1 Å². The molecule has 6 aromatic carbocycles. The second-order valence-electron chi connectivity index (χ2n) is 24.5. The van der Waals surface area contributed by atoms with E-state index < -0.39 is 64.1 Å². The lowest BCUT2D eigenvalue weighted by atomic mass is 9.83. The van der Waals surface area contributed by atoms with Gasteiger partial charge in [-0.15, -0.1) is 0 Å². The topological polar surface area (TPSA) is 204 Å². The van der Waals surface area contributed by atoms with Crippen LogP contribution in [0.5, 0.6) is 34.5 Å². The van der Waals surface area contributed by atoms with E-state index in [2.05, 4.69) is 16.0 Å². The number of rotatable bonds is 11. The van der Waals surface area contributed by atoms with E-state index in [0.717, 1.165) is 36.4 Å². The highest BCUT2D eigenvalue weighted by molar-refractivity contribution is 6.10. The molecule has 6 heterocycles. The maximum atomic E-state index is 13.3. The van der Waals surface area contributed by atoms with Gasteiger partial charge in [-0.25, -0.2) is 0 Å². The third kappa shape index (κ3) is 16.0. The van der Waals surface area contributed by atoms with E-state index in [4.69, 9.17) is 28.4 Å². The lowest BCUT2D eigenvalue weighted by Gasteiger charge is -2.39. The van der Waals surface area contributed by atoms with Crippen molar-refractivity contribution in [3.05, 3.63) is 161 Å². The Morgan fingerprint density at radius 1 is 0.460 bits per heavy atom. The highest BCUT2D eigenvalue weighted by Crippen LogP contribution is 2.49. The van der Waals surface area contributed by atoms with Gasteiger partial charge in [0.25, 0.3) is 17.7 Å². The van der Waals surface area contributed by atoms with E-state index >= 15 is 0 Å². The van der Waals surface area contributed by atoms with E-state index in [1.165, 1.54) is 36.4 Å². The second-order valence-corrected chi connectivity index (χ2v) is 24.5. The van der Waals surface area contributed by atoms with Crippen LogP contribution in [-0.4, -0.2) is 92.7 Å². The Morgan fingerprint density at radius 3 is 1.18 bits per heavy atom. The van der Waals surface area contributed by atoms with Crippen LogP contribution in [0.4, 0.5) is 73.6 Å². The number of likely N-dealkylation sites (N-methyl/N-ethyl adjacent to an activating group) is 3. The van der Waals surface area contributed by atoms with Crippen molar-refractivity contribution in [3.63, 3.8) is 0 Å². The number of hydrogen-bond donors (Lipinski definition) is 3. The van der Waals surface area contributed by atoms with Gasteiger partial charge >= 0.3 is 18.5 Å². The Balaban J connectivity index is 0.000000162. The van der Waals surface area contributed by atoms with Crippen molar-refractivity contribution in [2.75, 3.05) is 76.7 Å². The van der Waals surface area contributed by atoms with Crippen LogP contribution in [0.1, 0.15) is 120 Å². The van der Waals surface area contributed by atoms with Crippen molar-refractivity contribution >= 4 is 86.3 Å². The molecule has 6 aromatic rings. The fourth-order valence-corrected chi connectivity index (χ4v) is 12.4. The molecule has 27 heteroatoms. The zero-order valence-electron chi connectivity index (χ0n) is 55.5.